The van der Waals surface area contributed by atoms with E-state index >= 15 is 0 Å². The van der Waals surface area contributed by atoms with E-state index in [-0.39, 0.29) is 30.7 Å². The van der Waals surface area contributed by atoms with E-state index in [9.17, 15) is 4.79 Å². The van der Waals surface area contributed by atoms with Gasteiger partial charge in [0.1, 0.15) is 5.82 Å². The molecule has 2 unspecified atom stereocenters. The lowest BCUT2D eigenvalue weighted by molar-refractivity contribution is -0.122. The summed E-state index contributed by atoms with van der Waals surface area (Å²) in [5.74, 6) is 1.24. The number of hydrogen-bond donors (Lipinski definition) is 3. The molecule has 1 aromatic heterocycles. The average Bonchev–Trinajstić information content (AvgIpc) is 2.84. The molecule has 2 saturated heterocycles. The van der Waals surface area contributed by atoms with Gasteiger partial charge in [0, 0.05) is 37.8 Å². The molecule has 3 rings (SSSR count). The summed E-state index contributed by atoms with van der Waals surface area (Å²) >= 11 is 11.8. The van der Waals surface area contributed by atoms with Crippen molar-refractivity contribution in [3.63, 3.8) is 0 Å². The van der Waals surface area contributed by atoms with Gasteiger partial charge in [-0.3, -0.25) is 4.79 Å². The first-order valence-corrected chi connectivity index (χ1v) is 8.93. The van der Waals surface area contributed by atoms with E-state index < -0.39 is 0 Å². The van der Waals surface area contributed by atoms with Gasteiger partial charge in [0.25, 0.3) is 0 Å². The van der Waals surface area contributed by atoms with E-state index in [1.807, 2.05) is 0 Å². The molecule has 2 aliphatic rings. The number of carbonyl (C=O) groups excluding carboxylic acids is 1. The first-order chi connectivity index (χ1) is 11.1. The lowest BCUT2D eigenvalue weighted by atomic mass is 9.89. The fraction of sp³-hybridized carbons (Fsp3) is 0.625. The van der Waals surface area contributed by atoms with Gasteiger partial charge in [-0.2, -0.15) is 0 Å². The summed E-state index contributed by atoms with van der Waals surface area (Å²) in [7, 11) is 0. The van der Waals surface area contributed by atoms with Crippen molar-refractivity contribution >= 4 is 59.7 Å². The summed E-state index contributed by atoms with van der Waals surface area (Å²) in [6, 6.07) is 2.90. The standard InChI is InChI=1S/C16H22Cl2N4O.2ClH/c17-11-8-14(18)16(21-9-11)20-4-3-19-15(23)7-10-5-12-1-2-13(6-10)22-12;;/h8-10,12-13,22H,1-7H2,(H,19,23)(H,20,21);2*1H. The van der Waals surface area contributed by atoms with Gasteiger partial charge in [-0.1, -0.05) is 23.2 Å². The van der Waals surface area contributed by atoms with Crippen LogP contribution in [-0.2, 0) is 4.79 Å². The smallest absolute Gasteiger partial charge is 0.220 e. The zero-order valence-corrected chi connectivity index (χ0v) is 16.9. The highest BCUT2D eigenvalue weighted by atomic mass is 35.5. The van der Waals surface area contributed by atoms with Crippen molar-refractivity contribution in [2.45, 2.75) is 44.2 Å². The van der Waals surface area contributed by atoms with Crippen LogP contribution in [0.2, 0.25) is 10.0 Å². The molecule has 2 atom stereocenters. The van der Waals surface area contributed by atoms with Gasteiger partial charge < -0.3 is 16.0 Å². The second kappa shape index (κ2) is 10.6. The van der Waals surface area contributed by atoms with Gasteiger partial charge in [0.05, 0.1) is 10.0 Å². The number of amides is 1. The second-order valence-corrected chi connectivity index (χ2v) is 7.28. The quantitative estimate of drug-likeness (QED) is 0.603. The minimum Gasteiger partial charge on any atom is -0.367 e. The number of nitrogens with zero attached hydrogens (tertiary/aromatic N) is 1. The van der Waals surface area contributed by atoms with E-state index in [2.05, 4.69) is 20.9 Å². The molecule has 25 heavy (non-hydrogen) atoms. The lowest BCUT2D eigenvalue weighted by Gasteiger charge is -2.28. The molecule has 0 saturated carbocycles. The van der Waals surface area contributed by atoms with Crippen LogP contribution in [0, 0.1) is 5.92 Å². The van der Waals surface area contributed by atoms with Crippen molar-refractivity contribution in [2.75, 3.05) is 18.4 Å². The predicted molar refractivity (Wildman–Crippen MR) is 108 cm³/mol. The van der Waals surface area contributed by atoms with Gasteiger partial charge in [-0.05, 0) is 37.7 Å². The Morgan fingerprint density at radius 2 is 1.88 bits per heavy atom. The number of pyridine rings is 1. The number of nitrogens with one attached hydrogen (secondary N) is 3. The minimum absolute atomic E-state index is 0. The fourth-order valence-corrected chi connectivity index (χ4v) is 4.05. The van der Waals surface area contributed by atoms with Gasteiger partial charge >= 0.3 is 0 Å². The zero-order valence-electron chi connectivity index (χ0n) is 13.8. The number of halogens is 4. The normalized spacial score (nSPS) is 24.0. The molecule has 0 aliphatic carbocycles. The minimum atomic E-state index is 0. The Balaban J connectivity index is 0.00000156. The first kappa shape index (κ1) is 22.6. The van der Waals surface area contributed by atoms with Crippen LogP contribution in [0.5, 0.6) is 0 Å². The molecule has 2 aliphatic heterocycles. The Bertz CT molecular complexity index is 563. The van der Waals surface area contributed by atoms with Crippen LogP contribution in [0.1, 0.15) is 32.1 Å². The van der Waals surface area contributed by atoms with Crippen molar-refractivity contribution in [1.29, 1.82) is 0 Å². The number of carbonyl (C=O) groups is 1. The van der Waals surface area contributed by atoms with Crippen molar-refractivity contribution in [1.82, 2.24) is 15.6 Å². The molecule has 1 aromatic rings. The van der Waals surface area contributed by atoms with Gasteiger partial charge in [-0.15, -0.1) is 24.8 Å². The van der Waals surface area contributed by atoms with Crippen molar-refractivity contribution in [2.24, 2.45) is 5.92 Å². The van der Waals surface area contributed by atoms with E-state index in [1.54, 1.807) is 12.3 Å². The number of hydrogen-bond acceptors (Lipinski definition) is 4. The largest absolute Gasteiger partial charge is 0.367 e. The summed E-state index contributed by atoms with van der Waals surface area (Å²) in [4.78, 5) is 16.2. The molecule has 142 valence electrons. The third-order valence-electron chi connectivity index (χ3n) is 4.59. The van der Waals surface area contributed by atoms with E-state index in [0.717, 1.165) is 12.8 Å². The monoisotopic (exact) mass is 428 g/mol. The highest BCUT2D eigenvalue weighted by Gasteiger charge is 2.33. The number of anilines is 1. The van der Waals surface area contributed by atoms with Crippen molar-refractivity contribution < 1.29 is 4.79 Å². The summed E-state index contributed by atoms with van der Waals surface area (Å²) in [5, 5.41) is 10.6. The van der Waals surface area contributed by atoms with Crippen LogP contribution in [-0.4, -0.2) is 36.1 Å². The van der Waals surface area contributed by atoms with E-state index in [0.29, 0.717) is 53.4 Å². The number of aromatic nitrogens is 1. The molecule has 0 radical (unpaired) electrons. The summed E-state index contributed by atoms with van der Waals surface area (Å²) in [6.07, 6.45) is 6.97. The Morgan fingerprint density at radius 1 is 1.20 bits per heavy atom. The van der Waals surface area contributed by atoms with Crippen molar-refractivity contribution in [3.8, 4) is 0 Å². The lowest BCUT2D eigenvalue weighted by Crippen LogP contribution is -2.40. The van der Waals surface area contributed by atoms with Crippen LogP contribution in [0.4, 0.5) is 5.82 Å². The highest BCUT2D eigenvalue weighted by molar-refractivity contribution is 6.35. The summed E-state index contributed by atoms with van der Waals surface area (Å²) in [5.41, 5.74) is 0. The Labute approximate surface area is 170 Å². The maximum absolute atomic E-state index is 12.0. The molecule has 0 spiro atoms. The molecular weight excluding hydrogens is 406 g/mol. The number of fused-ring (bicyclic) bond motifs is 2. The molecule has 2 fully saturated rings. The summed E-state index contributed by atoms with van der Waals surface area (Å²) < 4.78 is 0. The molecule has 0 aromatic carbocycles. The van der Waals surface area contributed by atoms with Crippen LogP contribution in [0.25, 0.3) is 0 Å². The van der Waals surface area contributed by atoms with Crippen LogP contribution < -0.4 is 16.0 Å². The Hall–Kier alpha value is -0.460. The van der Waals surface area contributed by atoms with Gasteiger partial charge in [0.15, 0.2) is 0 Å². The highest BCUT2D eigenvalue weighted by Crippen LogP contribution is 2.32. The first-order valence-electron chi connectivity index (χ1n) is 8.18. The van der Waals surface area contributed by atoms with E-state index in [4.69, 9.17) is 23.2 Å². The fourth-order valence-electron chi connectivity index (χ4n) is 3.60. The molecule has 1 amide bonds. The molecule has 5 nitrogen and oxygen atoms in total. The van der Waals surface area contributed by atoms with Gasteiger partial charge in [-0.25, -0.2) is 4.98 Å². The van der Waals surface area contributed by atoms with Crippen molar-refractivity contribution in [3.05, 3.63) is 22.3 Å². The predicted octanol–water partition coefficient (Wildman–Crippen LogP) is 3.68. The Kier molecular flexibility index (Phi) is 9.60. The molecule has 9 heteroatoms. The van der Waals surface area contributed by atoms with Gasteiger partial charge in [0.2, 0.25) is 5.91 Å². The zero-order chi connectivity index (χ0) is 16.2. The average molecular weight is 430 g/mol. The second-order valence-electron chi connectivity index (χ2n) is 6.44. The van der Waals surface area contributed by atoms with Crippen LogP contribution in [0.15, 0.2) is 12.3 Å². The van der Waals surface area contributed by atoms with Crippen LogP contribution in [0.3, 0.4) is 0 Å². The maximum atomic E-state index is 12.0. The number of rotatable bonds is 6. The third-order valence-corrected chi connectivity index (χ3v) is 5.09. The molecule has 2 bridgehead atoms. The number of piperidine rings is 1. The van der Waals surface area contributed by atoms with Crippen LogP contribution >= 0.6 is 48.0 Å². The maximum Gasteiger partial charge on any atom is 0.220 e. The Morgan fingerprint density at radius 3 is 2.52 bits per heavy atom. The van der Waals surface area contributed by atoms with E-state index in [1.165, 1.54) is 12.8 Å². The SMILES string of the molecule is Cl.Cl.O=C(CC1CC2CCC(C1)N2)NCCNc1ncc(Cl)cc1Cl. The molecule has 3 heterocycles. The topological polar surface area (TPSA) is 66.1 Å². The third kappa shape index (κ3) is 6.65. The summed E-state index contributed by atoms with van der Waals surface area (Å²) in [6.45, 7) is 1.13. The molecular formula is C16H24Cl4N4O. The molecule has 3 N–H and O–H groups in total.